The van der Waals surface area contributed by atoms with Crippen molar-refractivity contribution in [2.24, 2.45) is 5.92 Å². The van der Waals surface area contributed by atoms with Crippen LogP contribution < -0.4 is 0 Å². The van der Waals surface area contributed by atoms with Gasteiger partial charge < -0.3 is 10.0 Å². The van der Waals surface area contributed by atoms with Crippen LogP contribution in [0.1, 0.15) is 18.4 Å². The van der Waals surface area contributed by atoms with Gasteiger partial charge in [-0.1, -0.05) is 30.3 Å². The minimum atomic E-state index is -3.59. The highest BCUT2D eigenvalue weighted by atomic mass is 32.2. The normalized spacial score (nSPS) is 20.0. The van der Waals surface area contributed by atoms with Gasteiger partial charge in [0.25, 0.3) is 0 Å². The van der Waals surface area contributed by atoms with E-state index in [1.54, 1.807) is 24.3 Å². The zero-order chi connectivity index (χ0) is 17.0. The van der Waals surface area contributed by atoms with Gasteiger partial charge in [0, 0.05) is 19.3 Å². The summed E-state index contributed by atoms with van der Waals surface area (Å²) < 4.78 is 24.1. The predicted octanol–water partition coefficient (Wildman–Crippen LogP) is 0.966. The first-order valence-corrected chi connectivity index (χ1v) is 9.49. The van der Waals surface area contributed by atoms with Crippen molar-refractivity contribution in [2.75, 3.05) is 19.3 Å². The molecule has 1 aromatic rings. The number of aliphatic carboxylic acids is 1. The van der Waals surface area contributed by atoms with Gasteiger partial charge in [-0.2, -0.15) is 0 Å². The third-order valence-electron chi connectivity index (χ3n) is 4.14. The summed E-state index contributed by atoms with van der Waals surface area (Å²) in [5.41, 5.74) is 0.767. The van der Waals surface area contributed by atoms with Crippen LogP contribution in [0.4, 0.5) is 0 Å². The van der Waals surface area contributed by atoms with Crippen LogP contribution >= 0.6 is 0 Å². The molecule has 1 saturated heterocycles. The fourth-order valence-electron chi connectivity index (χ4n) is 2.83. The number of rotatable bonds is 5. The summed E-state index contributed by atoms with van der Waals surface area (Å²) in [5.74, 6) is -2.06. The molecule has 1 heterocycles. The Morgan fingerprint density at radius 1 is 1.30 bits per heavy atom. The lowest BCUT2D eigenvalue weighted by atomic mass is 9.97. The second-order valence-corrected chi connectivity index (χ2v) is 8.20. The van der Waals surface area contributed by atoms with Gasteiger partial charge in [0.1, 0.15) is 5.25 Å². The smallest absolute Gasteiger partial charge is 0.308 e. The van der Waals surface area contributed by atoms with E-state index in [-0.39, 0.29) is 13.0 Å². The first-order valence-electron chi connectivity index (χ1n) is 7.53. The average molecular weight is 339 g/mol. The van der Waals surface area contributed by atoms with Crippen LogP contribution in [0, 0.1) is 5.92 Å². The van der Waals surface area contributed by atoms with Crippen molar-refractivity contribution in [3.05, 3.63) is 35.9 Å². The molecule has 0 radical (unpaired) electrons. The number of carboxylic acids is 1. The van der Waals surface area contributed by atoms with Crippen molar-refractivity contribution < 1.29 is 23.1 Å². The largest absolute Gasteiger partial charge is 0.481 e. The van der Waals surface area contributed by atoms with Gasteiger partial charge in [-0.15, -0.1) is 0 Å². The molecule has 1 aliphatic rings. The predicted molar refractivity (Wildman–Crippen MR) is 85.7 cm³/mol. The highest BCUT2D eigenvalue weighted by Crippen LogP contribution is 2.20. The van der Waals surface area contributed by atoms with E-state index in [2.05, 4.69) is 0 Å². The highest BCUT2D eigenvalue weighted by molar-refractivity contribution is 7.92. The van der Waals surface area contributed by atoms with Crippen LogP contribution in [0.25, 0.3) is 0 Å². The minimum Gasteiger partial charge on any atom is -0.481 e. The fourth-order valence-corrected chi connectivity index (χ4v) is 3.84. The summed E-state index contributed by atoms with van der Waals surface area (Å²) in [4.78, 5) is 25.2. The van der Waals surface area contributed by atoms with Gasteiger partial charge >= 0.3 is 5.97 Å². The van der Waals surface area contributed by atoms with E-state index in [4.69, 9.17) is 5.11 Å². The van der Waals surface area contributed by atoms with Crippen molar-refractivity contribution in [1.29, 1.82) is 0 Å². The van der Waals surface area contributed by atoms with Crippen LogP contribution in [0.5, 0.6) is 0 Å². The Labute approximate surface area is 136 Å². The van der Waals surface area contributed by atoms with Gasteiger partial charge in [-0.25, -0.2) is 8.42 Å². The molecular formula is C16H21NO5S. The van der Waals surface area contributed by atoms with E-state index < -0.39 is 32.9 Å². The van der Waals surface area contributed by atoms with E-state index in [9.17, 15) is 18.0 Å². The zero-order valence-electron chi connectivity index (χ0n) is 13.0. The number of carboxylic acid groups (broad SMARTS) is 1. The topological polar surface area (TPSA) is 91.8 Å². The number of nitrogens with zero attached hydrogens (tertiary/aromatic N) is 1. The molecule has 1 N–H and O–H groups in total. The van der Waals surface area contributed by atoms with Crippen LogP contribution in [0.3, 0.4) is 0 Å². The number of hydrogen-bond donors (Lipinski definition) is 1. The Bertz CT molecular complexity index is 671. The molecule has 0 spiro atoms. The van der Waals surface area contributed by atoms with E-state index >= 15 is 0 Å². The maximum Gasteiger partial charge on any atom is 0.308 e. The summed E-state index contributed by atoms with van der Waals surface area (Å²) in [6.45, 7) is 0.485. The van der Waals surface area contributed by atoms with Gasteiger partial charge in [0.15, 0.2) is 9.84 Å². The molecule has 1 aliphatic heterocycles. The van der Waals surface area contributed by atoms with E-state index in [0.717, 1.165) is 11.8 Å². The third-order valence-corrected chi connectivity index (χ3v) is 5.54. The molecule has 126 valence electrons. The molecule has 0 aromatic heterocycles. The first kappa shape index (κ1) is 17.5. The molecule has 1 aromatic carbocycles. The maximum absolute atomic E-state index is 12.7. The van der Waals surface area contributed by atoms with Crippen molar-refractivity contribution >= 4 is 21.7 Å². The molecule has 23 heavy (non-hydrogen) atoms. The lowest BCUT2D eigenvalue weighted by Gasteiger charge is -2.33. The summed E-state index contributed by atoms with van der Waals surface area (Å²) >= 11 is 0. The van der Waals surface area contributed by atoms with Crippen molar-refractivity contribution in [3.63, 3.8) is 0 Å². The van der Waals surface area contributed by atoms with Crippen molar-refractivity contribution in [2.45, 2.75) is 24.5 Å². The van der Waals surface area contributed by atoms with Gasteiger partial charge in [-0.05, 0) is 24.8 Å². The Kier molecular flexibility index (Phi) is 5.41. The molecule has 2 atom stereocenters. The lowest BCUT2D eigenvalue weighted by Crippen LogP contribution is -2.49. The number of piperidine rings is 1. The number of likely N-dealkylation sites (tertiary alicyclic amines) is 1. The number of benzene rings is 1. The summed E-state index contributed by atoms with van der Waals surface area (Å²) in [6.07, 6.45) is 2.25. The molecule has 0 aliphatic carbocycles. The van der Waals surface area contributed by atoms with Crippen LogP contribution in [-0.2, 0) is 25.8 Å². The van der Waals surface area contributed by atoms with Crippen LogP contribution in [0.15, 0.2) is 30.3 Å². The Hall–Kier alpha value is -1.89. The highest BCUT2D eigenvalue weighted by Gasteiger charge is 2.36. The molecular weight excluding hydrogens is 318 g/mol. The summed E-state index contributed by atoms with van der Waals surface area (Å²) in [5, 5.41) is 7.95. The average Bonchev–Trinajstić information content (AvgIpc) is 2.52. The second-order valence-electron chi connectivity index (χ2n) is 5.97. The first-order chi connectivity index (χ1) is 10.8. The Balaban J connectivity index is 2.19. The number of carbonyl (C=O) groups is 2. The molecule has 0 unspecified atom stereocenters. The van der Waals surface area contributed by atoms with Crippen LogP contribution in [-0.4, -0.2) is 54.9 Å². The Morgan fingerprint density at radius 2 is 1.96 bits per heavy atom. The maximum atomic E-state index is 12.7. The fraction of sp³-hybridized carbons (Fsp3) is 0.500. The second kappa shape index (κ2) is 7.12. The third kappa shape index (κ3) is 4.54. The molecule has 6 nitrogen and oxygen atoms in total. The van der Waals surface area contributed by atoms with Gasteiger partial charge in [0.2, 0.25) is 5.91 Å². The number of sulfone groups is 1. The quantitative estimate of drug-likeness (QED) is 0.863. The summed E-state index contributed by atoms with van der Waals surface area (Å²) in [7, 11) is -3.59. The molecule has 7 heteroatoms. The number of hydrogen-bond acceptors (Lipinski definition) is 4. The molecule has 0 bridgehead atoms. The molecule has 1 fully saturated rings. The van der Waals surface area contributed by atoms with E-state index in [1.165, 1.54) is 4.90 Å². The van der Waals surface area contributed by atoms with Crippen molar-refractivity contribution in [1.82, 2.24) is 4.90 Å². The van der Waals surface area contributed by atoms with Gasteiger partial charge in [-0.3, -0.25) is 9.59 Å². The Morgan fingerprint density at radius 3 is 2.52 bits per heavy atom. The van der Waals surface area contributed by atoms with Gasteiger partial charge in [0.05, 0.1) is 5.92 Å². The minimum absolute atomic E-state index is 0.0783. The number of carbonyl (C=O) groups excluding carboxylic acids is 1. The molecule has 0 saturated carbocycles. The lowest BCUT2D eigenvalue weighted by molar-refractivity contribution is -0.145. The monoisotopic (exact) mass is 339 g/mol. The zero-order valence-corrected chi connectivity index (χ0v) is 13.8. The summed E-state index contributed by atoms with van der Waals surface area (Å²) in [6, 6.07) is 8.97. The van der Waals surface area contributed by atoms with Crippen molar-refractivity contribution in [3.8, 4) is 0 Å². The van der Waals surface area contributed by atoms with E-state index in [1.807, 2.05) is 6.07 Å². The van der Waals surface area contributed by atoms with Crippen LogP contribution in [0.2, 0.25) is 0 Å². The molecule has 2 rings (SSSR count). The van der Waals surface area contributed by atoms with E-state index in [0.29, 0.717) is 19.4 Å². The standard InChI is InChI=1S/C16H21NO5S/c1-23(21,22)14(10-12-6-3-2-4-7-12)15(18)17-9-5-8-13(11-17)16(19)20/h2-4,6-7,13-14H,5,8-11H2,1H3,(H,19,20)/t13-,14-/m0/s1. The number of amides is 1. The SMILES string of the molecule is CS(=O)(=O)[C@@H](Cc1ccccc1)C(=O)N1CCC[C@H](C(=O)O)C1. The molecule has 1 amide bonds.